The zero-order chi connectivity index (χ0) is 75.1. The molecule has 0 spiro atoms. The Balaban J connectivity index is 1.22. The van der Waals surface area contributed by atoms with Gasteiger partial charge in [0.25, 0.3) is 0 Å². The highest BCUT2D eigenvalue weighted by molar-refractivity contribution is 9.11. The Morgan fingerprint density at radius 3 is 0.783 bits per heavy atom. The lowest BCUT2D eigenvalue weighted by atomic mass is 9.95. The first-order valence-corrected chi connectivity index (χ1v) is 53.9. The second kappa shape index (κ2) is 66.3. The second-order valence-corrected chi connectivity index (χ2v) is 44.0. The van der Waals surface area contributed by atoms with Crippen LogP contribution in [0.25, 0.3) is 32.0 Å². The molecule has 0 bridgehead atoms. The van der Waals surface area contributed by atoms with E-state index < -0.39 is 8.07 Å². The molecule has 0 saturated heterocycles. The van der Waals surface area contributed by atoms with Gasteiger partial charge in [-0.05, 0) is 125 Å². The summed E-state index contributed by atoms with van der Waals surface area (Å²) in [5, 5.41) is 3.59. The number of unbranched alkanes of at least 4 members (excludes halogenated alkanes) is 67. The van der Waals surface area contributed by atoms with E-state index in [0.29, 0.717) is 5.92 Å². The molecule has 608 valence electrons. The molecule has 2 aromatic heterocycles. The van der Waals surface area contributed by atoms with Gasteiger partial charge < -0.3 is 0 Å². The predicted octanol–water partition coefficient (Wildman–Crippen LogP) is 38.0. The number of thiophene rings is 2. The summed E-state index contributed by atoms with van der Waals surface area (Å²) in [6.45, 7) is 11.8. The van der Waals surface area contributed by atoms with E-state index in [4.69, 9.17) is 0 Å². The quantitative estimate of drug-likeness (QED) is 0.0305. The fraction of sp³-hybridized carbons (Fsp3) is 0.802. The van der Waals surface area contributed by atoms with Crippen molar-refractivity contribution < 1.29 is 0 Å². The van der Waals surface area contributed by atoms with Gasteiger partial charge >= 0.3 is 0 Å². The van der Waals surface area contributed by atoms with Crippen molar-refractivity contribution in [2.75, 3.05) is 0 Å². The van der Waals surface area contributed by atoms with Gasteiger partial charge in [-0.15, -0.1) is 22.7 Å². The van der Waals surface area contributed by atoms with E-state index in [1.54, 1.807) is 32.6 Å². The summed E-state index contributed by atoms with van der Waals surface area (Å²) < 4.78 is 2.75. The Morgan fingerprint density at radius 2 is 0.500 bits per heavy atom. The summed E-state index contributed by atoms with van der Waals surface area (Å²) in [4.78, 5) is 2.96. The van der Waals surface area contributed by atoms with Gasteiger partial charge in [0.15, 0.2) is 0 Å². The molecule has 4 aromatic rings. The van der Waals surface area contributed by atoms with Crippen molar-refractivity contribution in [3.63, 3.8) is 0 Å². The van der Waals surface area contributed by atoms with E-state index in [0.717, 1.165) is 0 Å². The van der Waals surface area contributed by atoms with Gasteiger partial charge in [0.2, 0.25) is 0 Å². The molecule has 1 aliphatic rings. The molecular formula is C101H174Br2S2Si. The van der Waals surface area contributed by atoms with Crippen LogP contribution in [0.15, 0.2) is 56.1 Å². The third-order valence-electron chi connectivity index (χ3n) is 25.4. The van der Waals surface area contributed by atoms with Crippen LogP contribution in [0.5, 0.6) is 0 Å². The van der Waals surface area contributed by atoms with E-state index in [2.05, 4.69) is 115 Å². The Bertz CT molecular complexity index is 2580. The summed E-state index contributed by atoms with van der Waals surface area (Å²) >= 11 is 12.4. The first kappa shape index (κ1) is 95.6. The van der Waals surface area contributed by atoms with Crippen LogP contribution in [-0.4, -0.2) is 8.07 Å². The largest absolute Gasteiger partial charge is 0.128 e. The van der Waals surface area contributed by atoms with Gasteiger partial charge in [0.1, 0.15) is 8.07 Å². The molecule has 1 unspecified atom stereocenters. The maximum absolute atomic E-state index is 4.21. The smallest absolute Gasteiger partial charge is 0.119 e. The van der Waals surface area contributed by atoms with E-state index in [1.165, 1.54) is 509 Å². The molecule has 106 heavy (non-hydrogen) atoms. The molecule has 0 N–H and O–H groups in total. The lowest BCUT2D eigenvalue weighted by molar-refractivity contribution is 0.519. The first-order valence-electron chi connectivity index (χ1n) is 48.2. The highest BCUT2D eigenvalue weighted by Crippen LogP contribution is 2.45. The number of hydrogen-bond donors (Lipinski definition) is 0. The molecule has 1 atom stereocenters. The van der Waals surface area contributed by atoms with Gasteiger partial charge in [-0.25, -0.2) is 0 Å². The zero-order valence-corrected chi connectivity index (χ0v) is 77.1. The van der Waals surface area contributed by atoms with Gasteiger partial charge in [-0.1, -0.05) is 520 Å². The maximum atomic E-state index is 4.21. The molecule has 5 heteroatoms. The van der Waals surface area contributed by atoms with Crippen molar-refractivity contribution >= 4 is 73.0 Å². The van der Waals surface area contributed by atoms with Gasteiger partial charge in [0.05, 0.1) is 7.57 Å². The van der Waals surface area contributed by atoms with E-state index in [1.807, 2.05) is 22.7 Å². The SMILES string of the molecule is CCCCCCCCCCCCCCCCCCCCc1cc(-c2ccc3c(c2)[Si](CCCCCCCCCCCCCCCCCCCC)(CCCCCCCCCCCCCCCCCCCC)c2cc(-c4cc(C(C)CCCCCCCCCCCCCCCCCCC)c(Br)s4)ccc2-3)sc1Br. The third-order valence-corrected chi connectivity index (χ3v) is 34.6. The molecule has 0 radical (unpaired) electrons. The number of benzene rings is 2. The van der Waals surface area contributed by atoms with Crippen molar-refractivity contribution in [2.45, 2.75) is 521 Å². The molecule has 0 amide bonds. The molecule has 0 aliphatic carbocycles. The lowest BCUT2D eigenvalue weighted by Crippen LogP contribution is -2.55. The fourth-order valence-corrected chi connectivity index (χ4v) is 27.7. The standard InChI is InChI=1S/C101H174Br2S2Si/c1-6-10-14-18-22-26-30-34-38-42-46-50-54-58-62-66-70-74-78-92-85-96(104-100(92)102)90-79-81-93-94-82-80-91(97-88-95(101(103)105-97)89(5)77-73-69-65-61-57-53-49-45-41-37-33-29-25-21-17-13-9-4)87-99(94)106(98(93)86-90,83-75-71-67-63-59-55-51-47-43-39-35-31-27-23-19-15-11-7-2)84-76-72-68-64-60-56-52-48-44-40-36-32-28-24-20-16-12-8-3/h79-82,85-89H,6-78,83-84H2,1-5H3. The highest BCUT2D eigenvalue weighted by atomic mass is 79.9. The predicted molar refractivity (Wildman–Crippen MR) is 496 cm³/mol. The Hall–Kier alpha value is -0.983. The minimum atomic E-state index is -2.18. The maximum Gasteiger partial charge on any atom is 0.119 e. The molecule has 1 aliphatic heterocycles. The number of halogens is 2. The summed E-state index contributed by atoms with van der Waals surface area (Å²) in [7, 11) is -2.18. The number of fused-ring (bicyclic) bond motifs is 3. The van der Waals surface area contributed by atoms with Crippen LogP contribution in [0, 0.1) is 0 Å². The lowest BCUT2D eigenvalue weighted by Gasteiger charge is -2.31. The van der Waals surface area contributed by atoms with Gasteiger partial charge in [0, 0.05) is 9.75 Å². The Kier molecular flexibility index (Phi) is 59.8. The first-order chi connectivity index (χ1) is 52.4. The fourth-order valence-electron chi connectivity index (χ4n) is 18.3. The number of hydrogen-bond acceptors (Lipinski definition) is 2. The van der Waals surface area contributed by atoms with Crippen LogP contribution >= 0.6 is 54.5 Å². The molecule has 5 rings (SSSR count). The minimum absolute atomic E-state index is 0.580. The van der Waals surface area contributed by atoms with Gasteiger partial charge in [-0.2, -0.15) is 0 Å². The van der Waals surface area contributed by atoms with E-state index in [-0.39, 0.29) is 0 Å². The van der Waals surface area contributed by atoms with Crippen molar-refractivity contribution in [3.05, 3.63) is 67.2 Å². The zero-order valence-electron chi connectivity index (χ0n) is 71.3. The second-order valence-electron chi connectivity index (χ2n) is 35.0. The summed E-state index contributed by atoms with van der Waals surface area (Å²) in [5.74, 6) is 0.580. The molecule has 0 saturated carbocycles. The van der Waals surface area contributed by atoms with Crippen molar-refractivity contribution in [3.8, 4) is 32.0 Å². The van der Waals surface area contributed by atoms with Crippen molar-refractivity contribution in [1.82, 2.24) is 0 Å². The van der Waals surface area contributed by atoms with Crippen LogP contribution in [0.2, 0.25) is 12.1 Å². The van der Waals surface area contributed by atoms with Crippen molar-refractivity contribution in [2.24, 2.45) is 0 Å². The number of aryl methyl sites for hydroxylation is 1. The molecule has 2 aromatic carbocycles. The van der Waals surface area contributed by atoms with E-state index in [9.17, 15) is 0 Å². The molecule has 0 fully saturated rings. The normalized spacial score (nSPS) is 12.9. The average Bonchev–Trinajstić information content (AvgIpc) is 1.56. The number of rotatable bonds is 78. The summed E-state index contributed by atoms with van der Waals surface area (Å²) in [6.07, 6.45) is 105. The van der Waals surface area contributed by atoms with Gasteiger partial charge in [-0.3, -0.25) is 0 Å². The Morgan fingerprint density at radius 1 is 0.264 bits per heavy atom. The Labute approximate surface area is 688 Å². The van der Waals surface area contributed by atoms with Crippen LogP contribution in [0.4, 0.5) is 0 Å². The van der Waals surface area contributed by atoms with Crippen LogP contribution < -0.4 is 10.4 Å². The van der Waals surface area contributed by atoms with Crippen LogP contribution in [-0.2, 0) is 6.42 Å². The van der Waals surface area contributed by atoms with Crippen LogP contribution in [0.3, 0.4) is 0 Å². The minimum Gasteiger partial charge on any atom is -0.128 e. The third kappa shape index (κ3) is 42.9. The molecule has 0 nitrogen and oxygen atoms in total. The monoisotopic (exact) mass is 1640 g/mol. The van der Waals surface area contributed by atoms with Crippen LogP contribution in [0.1, 0.15) is 514 Å². The van der Waals surface area contributed by atoms with Crippen molar-refractivity contribution in [1.29, 1.82) is 0 Å². The summed E-state index contributed by atoms with van der Waals surface area (Å²) in [5.41, 5.74) is 9.23. The average molecular weight is 1640 g/mol. The topological polar surface area (TPSA) is 0 Å². The van der Waals surface area contributed by atoms with E-state index >= 15 is 0 Å². The highest BCUT2D eigenvalue weighted by Gasteiger charge is 2.45. The molecule has 3 heterocycles. The summed E-state index contributed by atoms with van der Waals surface area (Å²) in [6, 6.07) is 24.0. The molecular weight excluding hydrogens is 1470 g/mol.